The molecule has 1 aliphatic heterocycles. The Morgan fingerprint density at radius 3 is 3.15 bits per heavy atom. The third kappa shape index (κ3) is 2.57. The summed E-state index contributed by atoms with van der Waals surface area (Å²) in [5.41, 5.74) is 1.71. The molecule has 1 aromatic heterocycles. The fourth-order valence-corrected chi connectivity index (χ4v) is 2.86. The molecule has 1 amide bonds. The van der Waals surface area contributed by atoms with Crippen molar-refractivity contribution in [1.29, 1.82) is 0 Å². The molecule has 20 heavy (non-hydrogen) atoms. The van der Waals surface area contributed by atoms with Crippen molar-refractivity contribution in [3.63, 3.8) is 0 Å². The molecule has 0 saturated carbocycles. The lowest BCUT2D eigenvalue weighted by Gasteiger charge is -2.26. The van der Waals surface area contributed by atoms with Gasteiger partial charge in [-0.05, 0) is 12.1 Å². The summed E-state index contributed by atoms with van der Waals surface area (Å²) in [6.07, 6.45) is 1.75. The van der Waals surface area contributed by atoms with Crippen molar-refractivity contribution in [2.24, 2.45) is 0 Å². The number of anilines is 2. The highest BCUT2D eigenvalue weighted by Crippen LogP contribution is 2.33. The largest absolute Gasteiger partial charge is 0.481 e. The molecule has 7 heteroatoms. The van der Waals surface area contributed by atoms with Gasteiger partial charge in [0.05, 0.1) is 12.2 Å². The number of fused-ring (bicyclic) bond motifs is 1. The van der Waals surface area contributed by atoms with Crippen LogP contribution in [0.4, 0.5) is 11.4 Å². The number of amides is 1. The molecule has 0 bridgehead atoms. The minimum absolute atomic E-state index is 0.0440. The maximum absolute atomic E-state index is 11.5. The zero-order chi connectivity index (χ0) is 14.1. The van der Waals surface area contributed by atoms with Gasteiger partial charge in [0.1, 0.15) is 5.75 Å². The first-order chi connectivity index (χ1) is 9.63. The van der Waals surface area contributed by atoms with E-state index in [0.29, 0.717) is 16.8 Å². The highest BCUT2D eigenvalue weighted by Gasteiger charge is 2.22. The number of nitrogens with zero attached hydrogens (tertiary/aromatic N) is 2. The van der Waals surface area contributed by atoms with Crippen LogP contribution in [-0.2, 0) is 11.3 Å². The second kappa shape index (κ2) is 5.30. The molecular formula is C13H12ClN3O2S. The zero-order valence-electron chi connectivity index (χ0n) is 10.7. The predicted molar refractivity (Wildman–Crippen MR) is 79.8 cm³/mol. The molecular weight excluding hydrogens is 298 g/mol. The molecule has 5 nitrogen and oxygen atoms in total. The van der Waals surface area contributed by atoms with Gasteiger partial charge in [-0.25, -0.2) is 4.98 Å². The lowest BCUT2D eigenvalue weighted by Crippen LogP contribution is -2.35. The van der Waals surface area contributed by atoms with Gasteiger partial charge >= 0.3 is 0 Å². The van der Waals surface area contributed by atoms with Gasteiger partial charge in [-0.2, -0.15) is 0 Å². The smallest absolute Gasteiger partial charge is 0.264 e. The van der Waals surface area contributed by atoms with Crippen molar-refractivity contribution >= 4 is 40.2 Å². The summed E-state index contributed by atoms with van der Waals surface area (Å²) in [6.45, 7) is 0.731. The minimum Gasteiger partial charge on any atom is -0.481 e. The topological polar surface area (TPSA) is 54.5 Å². The number of halogens is 1. The van der Waals surface area contributed by atoms with Crippen LogP contribution in [0.1, 0.15) is 4.88 Å². The average molecular weight is 310 g/mol. The van der Waals surface area contributed by atoms with Crippen LogP contribution in [-0.4, -0.2) is 24.5 Å². The fraction of sp³-hybridized carbons (Fsp3) is 0.231. The molecule has 3 rings (SSSR count). The number of likely N-dealkylation sites (N-methyl/N-ethyl adjacent to an activating group) is 1. The number of hydrogen-bond donors (Lipinski definition) is 1. The summed E-state index contributed by atoms with van der Waals surface area (Å²) < 4.78 is 5.98. The maximum Gasteiger partial charge on any atom is 0.264 e. The van der Waals surface area contributed by atoms with E-state index in [1.54, 1.807) is 18.1 Å². The molecule has 0 atom stereocenters. The number of rotatable bonds is 3. The van der Waals surface area contributed by atoms with Crippen LogP contribution >= 0.6 is 22.9 Å². The Bertz CT molecular complexity index is 659. The Hall–Kier alpha value is -1.79. The molecule has 0 spiro atoms. The quantitative estimate of drug-likeness (QED) is 0.947. The average Bonchev–Trinajstić information content (AvgIpc) is 2.86. The summed E-state index contributed by atoms with van der Waals surface area (Å²) in [6, 6.07) is 5.68. The molecule has 1 aromatic carbocycles. The minimum atomic E-state index is -0.0440. The second-order valence-corrected chi connectivity index (χ2v) is 6.05. The number of thiazole rings is 1. The van der Waals surface area contributed by atoms with E-state index in [1.165, 1.54) is 11.3 Å². The standard InChI is InChI=1S/C13H12ClN3O2S/c1-17-10-3-2-8(4-11(10)19-7-12(17)18)15-5-9-6-16-13(14)20-9/h2-4,6,15H,5,7H2,1H3. The number of ether oxygens (including phenoxy) is 1. The van der Waals surface area contributed by atoms with Crippen LogP contribution in [0.25, 0.3) is 0 Å². The normalized spacial score (nSPS) is 13.9. The summed E-state index contributed by atoms with van der Waals surface area (Å²) >= 11 is 7.23. The van der Waals surface area contributed by atoms with Crippen molar-refractivity contribution in [3.8, 4) is 5.75 Å². The Morgan fingerprint density at radius 2 is 2.40 bits per heavy atom. The van der Waals surface area contributed by atoms with Gasteiger partial charge in [-0.15, -0.1) is 11.3 Å². The van der Waals surface area contributed by atoms with Crippen molar-refractivity contribution in [3.05, 3.63) is 33.7 Å². The summed E-state index contributed by atoms with van der Waals surface area (Å²) in [5, 5.41) is 3.28. The zero-order valence-corrected chi connectivity index (χ0v) is 12.3. The van der Waals surface area contributed by atoms with Crippen LogP contribution in [0.15, 0.2) is 24.4 Å². The first-order valence-electron chi connectivity index (χ1n) is 6.01. The molecule has 0 radical (unpaired) electrons. The van der Waals surface area contributed by atoms with Gasteiger partial charge in [-0.1, -0.05) is 11.6 Å². The molecule has 0 unspecified atom stereocenters. The van der Waals surface area contributed by atoms with Gasteiger partial charge in [0, 0.05) is 29.9 Å². The SMILES string of the molecule is CN1C(=O)COc2cc(NCc3cnc(Cl)s3)ccc21. The van der Waals surface area contributed by atoms with E-state index in [4.69, 9.17) is 16.3 Å². The van der Waals surface area contributed by atoms with Crippen LogP contribution < -0.4 is 15.0 Å². The Kier molecular flexibility index (Phi) is 3.50. The van der Waals surface area contributed by atoms with Crippen molar-refractivity contribution < 1.29 is 9.53 Å². The van der Waals surface area contributed by atoms with Crippen molar-refractivity contribution in [2.45, 2.75) is 6.54 Å². The Labute approximate surface area is 125 Å². The molecule has 104 valence electrons. The Balaban J connectivity index is 1.74. The van der Waals surface area contributed by atoms with Gasteiger partial charge in [-0.3, -0.25) is 4.79 Å². The van der Waals surface area contributed by atoms with E-state index < -0.39 is 0 Å². The highest BCUT2D eigenvalue weighted by atomic mass is 35.5. The van der Waals surface area contributed by atoms with Gasteiger partial charge in [0.25, 0.3) is 5.91 Å². The van der Waals surface area contributed by atoms with E-state index in [-0.39, 0.29) is 12.5 Å². The summed E-state index contributed by atoms with van der Waals surface area (Å²) in [5.74, 6) is 0.664. The summed E-state index contributed by atoms with van der Waals surface area (Å²) in [4.78, 5) is 18.2. The van der Waals surface area contributed by atoms with Gasteiger partial charge < -0.3 is 15.0 Å². The first kappa shape index (κ1) is 13.2. The molecule has 2 heterocycles. The van der Waals surface area contributed by atoms with E-state index in [1.807, 2.05) is 18.2 Å². The maximum atomic E-state index is 11.5. The van der Waals surface area contributed by atoms with E-state index in [0.717, 1.165) is 16.3 Å². The molecule has 1 aliphatic rings. The van der Waals surface area contributed by atoms with Gasteiger partial charge in [0.2, 0.25) is 0 Å². The molecule has 1 N–H and O–H groups in total. The third-order valence-corrected chi connectivity index (χ3v) is 4.15. The molecule has 0 fully saturated rings. The summed E-state index contributed by atoms with van der Waals surface area (Å²) in [7, 11) is 1.75. The van der Waals surface area contributed by atoms with Crippen LogP contribution in [0.2, 0.25) is 4.47 Å². The number of carbonyl (C=O) groups excluding carboxylic acids is 1. The number of aromatic nitrogens is 1. The van der Waals surface area contributed by atoms with Gasteiger partial charge in [0.15, 0.2) is 11.1 Å². The van der Waals surface area contributed by atoms with Crippen LogP contribution in [0.5, 0.6) is 5.75 Å². The van der Waals surface area contributed by atoms with Crippen molar-refractivity contribution in [2.75, 3.05) is 23.9 Å². The first-order valence-corrected chi connectivity index (χ1v) is 7.20. The van der Waals surface area contributed by atoms with Crippen molar-refractivity contribution in [1.82, 2.24) is 4.98 Å². The number of benzene rings is 1. The van der Waals surface area contributed by atoms with Crippen LogP contribution in [0, 0.1) is 0 Å². The highest BCUT2D eigenvalue weighted by molar-refractivity contribution is 7.15. The number of nitrogens with one attached hydrogen (secondary N) is 1. The molecule has 2 aromatic rings. The molecule has 0 saturated heterocycles. The monoisotopic (exact) mass is 309 g/mol. The number of carbonyl (C=O) groups is 1. The third-order valence-electron chi connectivity index (χ3n) is 3.04. The number of hydrogen-bond acceptors (Lipinski definition) is 5. The van der Waals surface area contributed by atoms with E-state index in [9.17, 15) is 4.79 Å². The Morgan fingerprint density at radius 1 is 1.55 bits per heavy atom. The van der Waals surface area contributed by atoms with E-state index in [2.05, 4.69) is 10.3 Å². The van der Waals surface area contributed by atoms with E-state index >= 15 is 0 Å². The fourth-order valence-electron chi connectivity index (χ4n) is 1.94. The van der Waals surface area contributed by atoms with Crippen LogP contribution in [0.3, 0.4) is 0 Å². The predicted octanol–water partition coefficient (Wildman–Crippen LogP) is 2.76. The second-order valence-electron chi connectivity index (χ2n) is 4.36. The molecule has 0 aliphatic carbocycles. The lowest BCUT2D eigenvalue weighted by atomic mass is 10.2. The lowest BCUT2D eigenvalue weighted by molar-refractivity contribution is -0.120.